The van der Waals surface area contributed by atoms with Crippen LogP contribution in [0.25, 0.3) is 0 Å². The first-order valence-electron chi connectivity index (χ1n) is 6.67. The Bertz CT molecular complexity index is 654. The summed E-state index contributed by atoms with van der Waals surface area (Å²) in [6.07, 6.45) is 3.36. The van der Waals surface area contributed by atoms with Crippen molar-refractivity contribution >= 4 is 17.4 Å². The highest BCUT2D eigenvalue weighted by Crippen LogP contribution is 2.24. The molecular formula is C13H15N5OS. The molecule has 0 fully saturated rings. The summed E-state index contributed by atoms with van der Waals surface area (Å²) < 4.78 is 3.88. The molecule has 0 saturated carbocycles. The van der Waals surface area contributed by atoms with Gasteiger partial charge in [-0.05, 0) is 18.0 Å². The Hall–Kier alpha value is -1.89. The zero-order valence-corrected chi connectivity index (χ0v) is 12.3. The molecular weight excluding hydrogens is 274 g/mol. The summed E-state index contributed by atoms with van der Waals surface area (Å²) in [7, 11) is 0. The van der Waals surface area contributed by atoms with E-state index in [4.69, 9.17) is 0 Å². The van der Waals surface area contributed by atoms with Gasteiger partial charge < -0.3 is 4.90 Å². The van der Waals surface area contributed by atoms with Crippen LogP contribution >= 0.6 is 11.5 Å². The van der Waals surface area contributed by atoms with Crippen LogP contribution in [-0.2, 0) is 25.9 Å². The standard InChI is InChI=1S/C13H15N5OS/c1-3-9-12(20-17-16-9)13(19)18-6-8-5-14-11(4-2)15-10(8)7-18/h5H,3-4,6-7H2,1-2H3. The quantitative estimate of drug-likeness (QED) is 0.858. The van der Waals surface area contributed by atoms with Gasteiger partial charge in [-0.1, -0.05) is 18.3 Å². The molecule has 1 aliphatic heterocycles. The Balaban J connectivity index is 1.83. The largest absolute Gasteiger partial charge is 0.327 e. The molecule has 0 bridgehead atoms. The molecule has 2 aromatic rings. The first-order chi connectivity index (χ1) is 9.72. The summed E-state index contributed by atoms with van der Waals surface area (Å²) in [6, 6.07) is 0. The van der Waals surface area contributed by atoms with Crippen molar-refractivity contribution in [2.75, 3.05) is 0 Å². The number of amides is 1. The minimum absolute atomic E-state index is 0.00658. The summed E-state index contributed by atoms with van der Waals surface area (Å²) in [5, 5.41) is 4.00. The molecule has 0 aromatic carbocycles. The predicted octanol–water partition coefficient (Wildman–Crippen LogP) is 1.61. The Morgan fingerprint density at radius 2 is 2.20 bits per heavy atom. The fourth-order valence-corrected chi connectivity index (χ4v) is 2.97. The minimum atomic E-state index is -0.00658. The highest BCUT2D eigenvalue weighted by atomic mass is 32.1. The van der Waals surface area contributed by atoms with E-state index < -0.39 is 0 Å². The zero-order valence-electron chi connectivity index (χ0n) is 11.5. The maximum absolute atomic E-state index is 12.5. The van der Waals surface area contributed by atoms with Crippen molar-refractivity contribution in [1.82, 2.24) is 24.5 Å². The van der Waals surface area contributed by atoms with Crippen LogP contribution in [0, 0.1) is 0 Å². The highest BCUT2D eigenvalue weighted by Gasteiger charge is 2.28. The molecule has 3 rings (SSSR count). The van der Waals surface area contributed by atoms with Crippen LogP contribution in [0.15, 0.2) is 6.20 Å². The van der Waals surface area contributed by atoms with Gasteiger partial charge >= 0.3 is 0 Å². The van der Waals surface area contributed by atoms with Crippen molar-refractivity contribution in [3.63, 3.8) is 0 Å². The van der Waals surface area contributed by atoms with Crippen molar-refractivity contribution < 1.29 is 4.79 Å². The van der Waals surface area contributed by atoms with E-state index in [9.17, 15) is 4.79 Å². The van der Waals surface area contributed by atoms with E-state index in [1.807, 2.05) is 20.0 Å². The van der Waals surface area contributed by atoms with E-state index in [1.54, 1.807) is 4.90 Å². The second-order valence-electron chi connectivity index (χ2n) is 4.68. The minimum Gasteiger partial charge on any atom is -0.327 e. The summed E-state index contributed by atoms with van der Waals surface area (Å²) >= 11 is 1.17. The number of nitrogens with zero attached hydrogens (tertiary/aromatic N) is 5. The fourth-order valence-electron chi connectivity index (χ4n) is 2.25. The van der Waals surface area contributed by atoms with Crippen molar-refractivity contribution in [2.24, 2.45) is 0 Å². The van der Waals surface area contributed by atoms with Crippen LogP contribution in [0.5, 0.6) is 0 Å². The first-order valence-corrected chi connectivity index (χ1v) is 7.44. The molecule has 0 N–H and O–H groups in total. The molecule has 104 valence electrons. The Morgan fingerprint density at radius 3 is 2.95 bits per heavy atom. The number of hydrogen-bond acceptors (Lipinski definition) is 6. The molecule has 0 radical (unpaired) electrons. The first kappa shape index (κ1) is 13.1. The Kier molecular flexibility index (Phi) is 3.43. The van der Waals surface area contributed by atoms with E-state index in [-0.39, 0.29) is 5.91 Å². The maximum Gasteiger partial charge on any atom is 0.268 e. The van der Waals surface area contributed by atoms with Gasteiger partial charge in [0.2, 0.25) is 0 Å². The third-order valence-corrected chi connectivity index (χ3v) is 4.15. The molecule has 0 unspecified atom stereocenters. The number of rotatable bonds is 3. The predicted molar refractivity (Wildman–Crippen MR) is 74.3 cm³/mol. The van der Waals surface area contributed by atoms with Gasteiger partial charge in [0.15, 0.2) is 0 Å². The lowest BCUT2D eigenvalue weighted by atomic mass is 10.2. The lowest BCUT2D eigenvalue weighted by Crippen LogP contribution is -2.25. The van der Waals surface area contributed by atoms with Gasteiger partial charge in [-0.3, -0.25) is 4.79 Å². The number of carbonyl (C=O) groups is 1. The number of hydrogen-bond donors (Lipinski definition) is 0. The summed E-state index contributed by atoms with van der Waals surface area (Å²) in [4.78, 5) is 23.7. The van der Waals surface area contributed by atoms with E-state index in [1.165, 1.54) is 11.5 Å². The molecule has 0 saturated heterocycles. The fraction of sp³-hybridized carbons (Fsp3) is 0.462. The molecule has 7 heteroatoms. The van der Waals surface area contributed by atoms with Crippen LogP contribution in [0.2, 0.25) is 0 Å². The Labute approximate surface area is 121 Å². The number of aromatic nitrogens is 4. The molecule has 0 spiro atoms. The molecule has 1 aliphatic rings. The van der Waals surface area contributed by atoms with Crippen molar-refractivity contribution in [3.8, 4) is 0 Å². The SMILES string of the molecule is CCc1ncc2c(n1)CN(C(=O)c1snnc1CC)C2. The molecule has 1 amide bonds. The van der Waals surface area contributed by atoms with Gasteiger partial charge in [0.1, 0.15) is 10.7 Å². The van der Waals surface area contributed by atoms with Gasteiger partial charge in [-0.15, -0.1) is 5.10 Å². The van der Waals surface area contributed by atoms with Crippen LogP contribution in [0.3, 0.4) is 0 Å². The van der Waals surface area contributed by atoms with E-state index in [2.05, 4.69) is 19.6 Å². The van der Waals surface area contributed by atoms with Crippen molar-refractivity contribution in [2.45, 2.75) is 39.8 Å². The molecule has 0 atom stereocenters. The number of aryl methyl sites for hydroxylation is 2. The van der Waals surface area contributed by atoms with Crippen LogP contribution in [0.1, 0.15) is 46.3 Å². The molecule has 0 aliphatic carbocycles. The van der Waals surface area contributed by atoms with Gasteiger partial charge in [-0.25, -0.2) is 9.97 Å². The van der Waals surface area contributed by atoms with Gasteiger partial charge in [-0.2, -0.15) is 0 Å². The van der Waals surface area contributed by atoms with Crippen molar-refractivity contribution in [1.29, 1.82) is 0 Å². The van der Waals surface area contributed by atoms with Crippen LogP contribution < -0.4 is 0 Å². The number of fused-ring (bicyclic) bond motifs is 1. The summed E-state index contributed by atoms with van der Waals surface area (Å²) in [5.74, 6) is 0.819. The molecule has 2 aromatic heterocycles. The van der Waals surface area contributed by atoms with E-state index in [0.29, 0.717) is 18.0 Å². The topological polar surface area (TPSA) is 71.9 Å². The van der Waals surface area contributed by atoms with Gasteiger partial charge in [0, 0.05) is 24.7 Å². The molecule has 6 nitrogen and oxygen atoms in total. The third-order valence-electron chi connectivity index (χ3n) is 3.39. The van der Waals surface area contributed by atoms with Gasteiger partial charge in [0.05, 0.1) is 17.9 Å². The normalized spacial score (nSPS) is 13.6. The van der Waals surface area contributed by atoms with Crippen LogP contribution in [0.4, 0.5) is 0 Å². The van der Waals surface area contributed by atoms with Crippen LogP contribution in [-0.4, -0.2) is 30.4 Å². The van der Waals surface area contributed by atoms with E-state index in [0.717, 1.165) is 35.6 Å². The summed E-state index contributed by atoms with van der Waals surface area (Å²) in [6.45, 7) is 5.12. The second-order valence-corrected chi connectivity index (χ2v) is 5.43. The lowest BCUT2D eigenvalue weighted by Gasteiger charge is -2.13. The Morgan fingerprint density at radius 1 is 1.35 bits per heavy atom. The third kappa shape index (κ3) is 2.18. The monoisotopic (exact) mass is 289 g/mol. The second kappa shape index (κ2) is 5.24. The van der Waals surface area contributed by atoms with Crippen molar-refractivity contribution in [3.05, 3.63) is 33.8 Å². The van der Waals surface area contributed by atoms with Gasteiger partial charge in [0.25, 0.3) is 5.91 Å². The lowest BCUT2D eigenvalue weighted by molar-refractivity contribution is 0.0754. The molecule has 20 heavy (non-hydrogen) atoms. The summed E-state index contributed by atoms with van der Waals surface area (Å²) in [5.41, 5.74) is 2.77. The zero-order chi connectivity index (χ0) is 14.1. The number of carbonyl (C=O) groups excluding carboxylic acids is 1. The smallest absolute Gasteiger partial charge is 0.268 e. The highest BCUT2D eigenvalue weighted by molar-refractivity contribution is 7.07. The average molecular weight is 289 g/mol. The maximum atomic E-state index is 12.5. The van der Waals surface area contributed by atoms with E-state index >= 15 is 0 Å². The average Bonchev–Trinajstić information content (AvgIpc) is 3.11. The molecule has 3 heterocycles.